The fourth-order valence-corrected chi connectivity index (χ4v) is 1.84. The fraction of sp³-hybridized carbons (Fsp3) is 0.231. The smallest absolute Gasteiger partial charge is 0.159 e. The minimum absolute atomic E-state index is 0.552. The topological polar surface area (TPSA) is 46.0 Å². The van der Waals surface area contributed by atoms with E-state index in [9.17, 15) is 5.11 Å². The summed E-state index contributed by atoms with van der Waals surface area (Å²) in [5.74, 6) is 0.620. The summed E-state index contributed by atoms with van der Waals surface area (Å²) in [6.07, 6.45) is 1.10. The Bertz CT molecular complexity index is 541. The molecule has 1 aromatic heterocycles. The predicted molar refractivity (Wildman–Crippen MR) is 67.8 cm³/mol. The van der Waals surface area contributed by atoms with Crippen LogP contribution in [0.5, 0.6) is 0 Å². The van der Waals surface area contributed by atoms with E-state index < -0.39 is 6.10 Å². The highest BCUT2D eigenvalue weighted by atomic mass is 35.5. The van der Waals surface area contributed by atoms with Crippen LogP contribution in [0.4, 0.5) is 0 Å². The van der Waals surface area contributed by atoms with E-state index in [1.165, 1.54) is 0 Å². The first-order chi connectivity index (χ1) is 8.08. The number of aliphatic hydroxyl groups excluding tert-OH is 1. The van der Waals surface area contributed by atoms with Crippen LogP contribution in [0.1, 0.15) is 24.3 Å². The van der Waals surface area contributed by atoms with Crippen molar-refractivity contribution < 1.29 is 5.11 Å². The monoisotopic (exact) mass is 248 g/mol. The van der Waals surface area contributed by atoms with Crippen molar-refractivity contribution in [1.82, 2.24) is 9.97 Å². The highest BCUT2D eigenvalue weighted by molar-refractivity contribution is 6.30. The van der Waals surface area contributed by atoms with Crippen molar-refractivity contribution in [3.05, 3.63) is 46.7 Å². The van der Waals surface area contributed by atoms with Crippen molar-refractivity contribution in [3.63, 3.8) is 0 Å². The lowest BCUT2D eigenvalue weighted by molar-refractivity contribution is 0.197. The van der Waals surface area contributed by atoms with Crippen LogP contribution in [0.25, 0.3) is 11.4 Å². The number of nitrogens with zero attached hydrogens (tertiary/aromatic N) is 2. The first-order valence-electron chi connectivity index (χ1n) is 5.35. The summed E-state index contributed by atoms with van der Waals surface area (Å²) in [7, 11) is 0. The molecule has 0 saturated carbocycles. The molecule has 1 heterocycles. The third-order valence-corrected chi connectivity index (χ3v) is 2.79. The van der Waals surface area contributed by atoms with Gasteiger partial charge in [0.25, 0.3) is 0 Å². The lowest BCUT2D eigenvalue weighted by Crippen LogP contribution is -2.01. The van der Waals surface area contributed by atoms with Crippen molar-refractivity contribution in [2.45, 2.75) is 20.0 Å². The SMILES string of the molecule is Cc1nc(-c2cccc(Cl)c2)ncc1C(C)O. The molecule has 0 amide bonds. The molecule has 1 aromatic carbocycles. The van der Waals surface area contributed by atoms with Crippen LogP contribution in [-0.2, 0) is 0 Å². The zero-order valence-electron chi connectivity index (χ0n) is 9.68. The van der Waals surface area contributed by atoms with Gasteiger partial charge in [-0.05, 0) is 26.0 Å². The zero-order chi connectivity index (χ0) is 12.4. The number of aliphatic hydroxyl groups is 1. The number of aryl methyl sites for hydroxylation is 1. The van der Waals surface area contributed by atoms with Crippen molar-refractivity contribution in [3.8, 4) is 11.4 Å². The Morgan fingerprint density at radius 2 is 2.12 bits per heavy atom. The first kappa shape index (κ1) is 12.0. The maximum atomic E-state index is 9.51. The minimum Gasteiger partial charge on any atom is -0.389 e. The van der Waals surface area contributed by atoms with Gasteiger partial charge in [0.05, 0.1) is 6.10 Å². The van der Waals surface area contributed by atoms with Gasteiger partial charge in [0.2, 0.25) is 0 Å². The van der Waals surface area contributed by atoms with E-state index in [1.54, 1.807) is 13.1 Å². The van der Waals surface area contributed by atoms with E-state index >= 15 is 0 Å². The Hall–Kier alpha value is -1.45. The molecule has 3 nitrogen and oxygen atoms in total. The largest absolute Gasteiger partial charge is 0.389 e. The Kier molecular flexibility index (Phi) is 3.41. The maximum Gasteiger partial charge on any atom is 0.159 e. The number of hydrogen-bond donors (Lipinski definition) is 1. The average molecular weight is 249 g/mol. The number of hydrogen-bond acceptors (Lipinski definition) is 3. The molecule has 0 saturated heterocycles. The Morgan fingerprint density at radius 3 is 2.71 bits per heavy atom. The van der Waals surface area contributed by atoms with Crippen molar-refractivity contribution >= 4 is 11.6 Å². The standard InChI is InChI=1S/C13H13ClN2O/c1-8-12(9(2)17)7-15-13(16-8)10-4-3-5-11(14)6-10/h3-7,9,17H,1-2H3. The summed E-state index contributed by atoms with van der Waals surface area (Å²) < 4.78 is 0. The molecular formula is C13H13ClN2O. The molecule has 17 heavy (non-hydrogen) atoms. The second kappa shape index (κ2) is 4.82. The molecule has 0 radical (unpaired) electrons. The molecule has 4 heteroatoms. The van der Waals surface area contributed by atoms with Gasteiger partial charge in [0.15, 0.2) is 5.82 Å². The van der Waals surface area contributed by atoms with Crippen LogP contribution in [-0.4, -0.2) is 15.1 Å². The van der Waals surface area contributed by atoms with Gasteiger partial charge in [-0.3, -0.25) is 0 Å². The summed E-state index contributed by atoms with van der Waals surface area (Å²) in [5.41, 5.74) is 2.40. The van der Waals surface area contributed by atoms with Gasteiger partial charge in [-0.1, -0.05) is 23.7 Å². The van der Waals surface area contributed by atoms with Gasteiger partial charge in [0.1, 0.15) is 0 Å². The third-order valence-electron chi connectivity index (χ3n) is 2.55. The van der Waals surface area contributed by atoms with E-state index in [0.717, 1.165) is 16.8 Å². The summed E-state index contributed by atoms with van der Waals surface area (Å²) >= 11 is 5.92. The molecule has 1 atom stereocenters. The van der Waals surface area contributed by atoms with Gasteiger partial charge < -0.3 is 5.11 Å². The Balaban J connectivity index is 2.44. The van der Waals surface area contributed by atoms with Crippen LogP contribution in [0, 0.1) is 6.92 Å². The van der Waals surface area contributed by atoms with Crippen LogP contribution in [0.2, 0.25) is 5.02 Å². The molecule has 0 aliphatic heterocycles. The Morgan fingerprint density at radius 1 is 1.35 bits per heavy atom. The first-order valence-corrected chi connectivity index (χ1v) is 5.73. The van der Waals surface area contributed by atoms with Crippen LogP contribution >= 0.6 is 11.6 Å². The number of rotatable bonds is 2. The molecule has 0 aliphatic rings. The zero-order valence-corrected chi connectivity index (χ0v) is 10.4. The van der Waals surface area contributed by atoms with E-state index in [0.29, 0.717) is 10.8 Å². The number of benzene rings is 1. The molecule has 2 aromatic rings. The minimum atomic E-state index is -0.552. The molecule has 0 bridgehead atoms. The van der Waals surface area contributed by atoms with Crippen LogP contribution < -0.4 is 0 Å². The summed E-state index contributed by atoms with van der Waals surface area (Å²) in [5, 5.41) is 10.2. The van der Waals surface area contributed by atoms with E-state index in [2.05, 4.69) is 9.97 Å². The summed E-state index contributed by atoms with van der Waals surface area (Å²) in [6.45, 7) is 3.56. The van der Waals surface area contributed by atoms with Crippen LogP contribution in [0.15, 0.2) is 30.5 Å². The van der Waals surface area contributed by atoms with E-state index in [1.807, 2.05) is 31.2 Å². The fourth-order valence-electron chi connectivity index (χ4n) is 1.65. The number of halogens is 1. The Labute approximate surface area is 105 Å². The van der Waals surface area contributed by atoms with Crippen molar-refractivity contribution in [2.75, 3.05) is 0 Å². The van der Waals surface area contributed by atoms with Gasteiger partial charge >= 0.3 is 0 Å². The summed E-state index contributed by atoms with van der Waals surface area (Å²) in [6, 6.07) is 7.39. The molecule has 0 aliphatic carbocycles. The molecule has 1 N–H and O–H groups in total. The maximum absolute atomic E-state index is 9.51. The van der Waals surface area contributed by atoms with E-state index in [4.69, 9.17) is 11.6 Å². The normalized spacial score (nSPS) is 12.5. The lowest BCUT2D eigenvalue weighted by Gasteiger charge is -2.09. The molecule has 0 fully saturated rings. The highest BCUT2D eigenvalue weighted by Crippen LogP contribution is 2.21. The second-order valence-corrected chi connectivity index (χ2v) is 4.36. The third kappa shape index (κ3) is 2.62. The predicted octanol–water partition coefficient (Wildman–Crippen LogP) is 3.16. The molecule has 2 rings (SSSR count). The average Bonchev–Trinajstić information content (AvgIpc) is 2.28. The lowest BCUT2D eigenvalue weighted by atomic mass is 10.1. The van der Waals surface area contributed by atoms with E-state index in [-0.39, 0.29) is 0 Å². The second-order valence-electron chi connectivity index (χ2n) is 3.92. The highest BCUT2D eigenvalue weighted by Gasteiger charge is 2.09. The number of aromatic nitrogens is 2. The molecule has 88 valence electrons. The van der Waals surface area contributed by atoms with Gasteiger partial charge in [-0.15, -0.1) is 0 Å². The van der Waals surface area contributed by atoms with Crippen molar-refractivity contribution in [2.24, 2.45) is 0 Å². The van der Waals surface area contributed by atoms with Gasteiger partial charge in [-0.2, -0.15) is 0 Å². The molecular weight excluding hydrogens is 236 g/mol. The van der Waals surface area contributed by atoms with Crippen molar-refractivity contribution in [1.29, 1.82) is 0 Å². The quantitative estimate of drug-likeness (QED) is 0.888. The van der Waals surface area contributed by atoms with Crippen LogP contribution in [0.3, 0.4) is 0 Å². The molecule has 1 unspecified atom stereocenters. The summed E-state index contributed by atoms with van der Waals surface area (Å²) in [4.78, 5) is 8.62. The molecule has 0 spiro atoms. The van der Waals surface area contributed by atoms with Gasteiger partial charge in [0, 0.05) is 28.0 Å². The van der Waals surface area contributed by atoms with Gasteiger partial charge in [-0.25, -0.2) is 9.97 Å².